The Hall–Kier alpha value is -1.74. The molecule has 0 spiro atoms. The van der Waals surface area contributed by atoms with Crippen molar-refractivity contribution in [1.29, 1.82) is 0 Å². The highest BCUT2D eigenvalue weighted by molar-refractivity contribution is 7.96. The zero-order valence-corrected chi connectivity index (χ0v) is 14.5. The van der Waals surface area contributed by atoms with Gasteiger partial charge in [0, 0.05) is 25.0 Å². The molecule has 0 aliphatic carbocycles. The molecule has 0 bridgehead atoms. The van der Waals surface area contributed by atoms with E-state index in [9.17, 15) is 18.3 Å². The van der Waals surface area contributed by atoms with Crippen LogP contribution in [0.3, 0.4) is 0 Å². The number of aromatic hydroxyl groups is 1. The number of hydrogen-bond donors (Lipinski definition) is 2. The van der Waals surface area contributed by atoms with Crippen LogP contribution in [-0.2, 0) is 6.18 Å². The summed E-state index contributed by atoms with van der Waals surface area (Å²) in [6, 6.07) is 1.73. The SMILES string of the molecule is CSNCC1CCCN(c2ncnc3c(O)cc(C(F)(F)F)cc23)C1. The Kier molecular flexibility index (Phi) is 5.24. The van der Waals surface area contributed by atoms with Crippen molar-refractivity contribution in [2.75, 3.05) is 30.8 Å². The summed E-state index contributed by atoms with van der Waals surface area (Å²) >= 11 is 1.55. The second-order valence-corrected chi connectivity index (χ2v) is 6.79. The van der Waals surface area contributed by atoms with Crippen molar-refractivity contribution in [2.45, 2.75) is 19.0 Å². The Balaban J connectivity index is 1.99. The monoisotopic (exact) mass is 372 g/mol. The molecule has 5 nitrogen and oxygen atoms in total. The molecule has 1 aromatic carbocycles. The van der Waals surface area contributed by atoms with Crippen molar-refractivity contribution in [2.24, 2.45) is 5.92 Å². The number of piperidine rings is 1. The minimum Gasteiger partial charge on any atom is -0.506 e. The highest BCUT2D eigenvalue weighted by Gasteiger charge is 2.32. The number of aromatic nitrogens is 2. The van der Waals surface area contributed by atoms with Gasteiger partial charge in [-0.25, -0.2) is 9.97 Å². The molecule has 0 amide bonds. The topological polar surface area (TPSA) is 61.3 Å². The lowest BCUT2D eigenvalue weighted by atomic mass is 9.98. The summed E-state index contributed by atoms with van der Waals surface area (Å²) in [6.07, 6.45) is 0.711. The first-order valence-corrected chi connectivity index (χ1v) is 9.18. The first-order chi connectivity index (χ1) is 11.9. The average molecular weight is 372 g/mol. The Morgan fingerprint density at radius 3 is 2.88 bits per heavy atom. The maximum absolute atomic E-state index is 13.1. The van der Waals surface area contributed by atoms with Gasteiger partial charge in [0.1, 0.15) is 23.4 Å². The molecular weight excluding hydrogens is 353 g/mol. The average Bonchev–Trinajstić information content (AvgIpc) is 2.59. The van der Waals surface area contributed by atoms with Crippen LogP contribution in [0, 0.1) is 5.92 Å². The molecule has 2 heterocycles. The van der Waals surface area contributed by atoms with E-state index in [1.54, 1.807) is 11.9 Å². The molecule has 1 aromatic heterocycles. The molecule has 1 atom stereocenters. The molecule has 1 saturated heterocycles. The van der Waals surface area contributed by atoms with E-state index in [0.717, 1.165) is 32.0 Å². The molecule has 136 valence electrons. The third kappa shape index (κ3) is 3.92. The summed E-state index contributed by atoms with van der Waals surface area (Å²) in [4.78, 5) is 10.2. The van der Waals surface area contributed by atoms with Crippen molar-refractivity contribution >= 4 is 28.7 Å². The molecule has 0 saturated carbocycles. The van der Waals surface area contributed by atoms with Gasteiger partial charge in [-0.05, 0) is 37.1 Å². The molecule has 2 N–H and O–H groups in total. The Bertz CT molecular complexity index is 756. The van der Waals surface area contributed by atoms with E-state index >= 15 is 0 Å². The zero-order chi connectivity index (χ0) is 18.0. The van der Waals surface area contributed by atoms with Crippen molar-refractivity contribution in [3.05, 3.63) is 24.0 Å². The predicted molar refractivity (Wildman–Crippen MR) is 92.7 cm³/mol. The number of benzene rings is 1. The number of fused-ring (bicyclic) bond motifs is 1. The maximum atomic E-state index is 13.1. The number of anilines is 1. The Morgan fingerprint density at radius 2 is 2.16 bits per heavy atom. The van der Waals surface area contributed by atoms with E-state index in [0.29, 0.717) is 24.3 Å². The minimum atomic E-state index is -4.54. The van der Waals surface area contributed by atoms with Crippen LogP contribution in [0.15, 0.2) is 18.5 Å². The lowest BCUT2D eigenvalue weighted by molar-refractivity contribution is -0.137. The lowest BCUT2D eigenvalue weighted by Crippen LogP contribution is -2.39. The lowest BCUT2D eigenvalue weighted by Gasteiger charge is -2.34. The van der Waals surface area contributed by atoms with Gasteiger partial charge < -0.3 is 10.0 Å². The summed E-state index contributed by atoms with van der Waals surface area (Å²) in [5.74, 6) is 0.358. The first-order valence-electron chi connectivity index (χ1n) is 7.96. The Morgan fingerprint density at radius 1 is 1.36 bits per heavy atom. The summed E-state index contributed by atoms with van der Waals surface area (Å²) in [6.45, 7) is 2.26. The predicted octanol–water partition coefficient (Wildman–Crippen LogP) is 3.44. The van der Waals surface area contributed by atoms with E-state index in [1.165, 1.54) is 6.33 Å². The minimum absolute atomic E-state index is 0.141. The van der Waals surface area contributed by atoms with Crippen molar-refractivity contribution in [3.63, 3.8) is 0 Å². The van der Waals surface area contributed by atoms with Crippen LogP contribution >= 0.6 is 11.9 Å². The quantitative estimate of drug-likeness (QED) is 0.802. The van der Waals surface area contributed by atoms with Crippen LogP contribution in [0.4, 0.5) is 19.0 Å². The van der Waals surface area contributed by atoms with Crippen LogP contribution in [0.1, 0.15) is 18.4 Å². The van der Waals surface area contributed by atoms with Crippen LogP contribution < -0.4 is 9.62 Å². The molecule has 9 heteroatoms. The number of nitrogens with one attached hydrogen (secondary N) is 1. The van der Waals surface area contributed by atoms with E-state index < -0.39 is 17.5 Å². The summed E-state index contributed by atoms with van der Waals surface area (Å²) in [5.41, 5.74) is -0.756. The molecule has 1 unspecified atom stereocenters. The third-order valence-electron chi connectivity index (χ3n) is 4.36. The second kappa shape index (κ2) is 7.25. The number of phenolic OH excluding ortho intramolecular Hbond substituents is 1. The molecule has 1 aliphatic heterocycles. The fraction of sp³-hybridized carbons (Fsp3) is 0.500. The van der Waals surface area contributed by atoms with E-state index in [1.807, 2.05) is 11.2 Å². The van der Waals surface area contributed by atoms with Gasteiger partial charge >= 0.3 is 6.18 Å². The van der Waals surface area contributed by atoms with Crippen molar-refractivity contribution < 1.29 is 18.3 Å². The second-order valence-electron chi connectivity index (χ2n) is 6.09. The fourth-order valence-corrected chi connectivity index (χ4v) is 3.58. The zero-order valence-electron chi connectivity index (χ0n) is 13.7. The molecule has 25 heavy (non-hydrogen) atoms. The molecule has 0 radical (unpaired) electrons. The molecule has 3 rings (SSSR count). The standard InChI is InChI=1S/C16H19F3N4OS/c1-25-22-7-10-3-2-4-23(8-10)15-12-5-11(16(17,18)19)6-13(24)14(12)20-9-21-15/h5-6,9-10,22,24H,2-4,7-8H2,1H3. The molecule has 1 fully saturated rings. The summed E-state index contributed by atoms with van der Waals surface area (Å²) in [7, 11) is 0. The van der Waals surface area contributed by atoms with Crippen LogP contribution in [0.25, 0.3) is 10.9 Å². The number of phenols is 1. The fourth-order valence-electron chi connectivity index (χ4n) is 3.18. The van der Waals surface area contributed by atoms with Crippen LogP contribution in [-0.4, -0.2) is 41.0 Å². The molecular formula is C16H19F3N4OS. The molecule has 2 aromatic rings. The first kappa shape index (κ1) is 18.1. The van der Waals surface area contributed by atoms with Gasteiger partial charge in [-0.15, -0.1) is 0 Å². The number of halogens is 3. The van der Waals surface area contributed by atoms with Gasteiger partial charge in [0.05, 0.1) is 5.56 Å². The summed E-state index contributed by atoms with van der Waals surface area (Å²) < 4.78 is 42.5. The van der Waals surface area contributed by atoms with Gasteiger partial charge in [0.25, 0.3) is 0 Å². The van der Waals surface area contributed by atoms with Crippen LogP contribution in [0.5, 0.6) is 5.75 Å². The highest BCUT2D eigenvalue weighted by atomic mass is 32.2. The Labute approximate surface area is 147 Å². The van der Waals surface area contributed by atoms with Gasteiger partial charge in [-0.3, -0.25) is 4.72 Å². The van der Waals surface area contributed by atoms with Gasteiger partial charge in [-0.1, -0.05) is 11.9 Å². The normalized spacial score (nSPS) is 18.7. The largest absolute Gasteiger partial charge is 0.506 e. The van der Waals surface area contributed by atoms with E-state index in [4.69, 9.17) is 0 Å². The van der Waals surface area contributed by atoms with Gasteiger partial charge in [0.15, 0.2) is 0 Å². The van der Waals surface area contributed by atoms with E-state index in [-0.39, 0.29) is 10.9 Å². The number of nitrogens with zero attached hydrogens (tertiary/aromatic N) is 3. The van der Waals surface area contributed by atoms with Gasteiger partial charge in [0.2, 0.25) is 0 Å². The third-order valence-corrected chi connectivity index (χ3v) is 4.82. The van der Waals surface area contributed by atoms with Crippen molar-refractivity contribution in [3.8, 4) is 5.75 Å². The van der Waals surface area contributed by atoms with Crippen LogP contribution in [0.2, 0.25) is 0 Å². The van der Waals surface area contributed by atoms with Gasteiger partial charge in [-0.2, -0.15) is 13.2 Å². The number of hydrogen-bond acceptors (Lipinski definition) is 6. The smallest absolute Gasteiger partial charge is 0.416 e. The van der Waals surface area contributed by atoms with E-state index in [2.05, 4.69) is 14.7 Å². The van der Waals surface area contributed by atoms with Crippen molar-refractivity contribution in [1.82, 2.24) is 14.7 Å². The number of alkyl halides is 3. The number of rotatable bonds is 4. The highest BCUT2D eigenvalue weighted by Crippen LogP contribution is 2.38. The molecule has 1 aliphatic rings. The maximum Gasteiger partial charge on any atom is 0.416 e. The summed E-state index contributed by atoms with van der Waals surface area (Å²) in [5, 5.41) is 10.2.